The molecule has 2 heteroatoms. The third kappa shape index (κ3) is 6.19. The molecule has 0 aromatic heterocycles. The second-order valence-electron chi connectivity index (χ2n) is 5.96. The van der Waals surface area contributed by atoms with E-state index < -0.39 is 0 Å². The van der Waals surface area contributed by atoms with Crippen molar-refractivity contribution in [1.29, 1.82) is 0 Å². The highest BCUT2D eigenvalue weighted by atomic mass is 16.5. The van der Waals surface area contributed by atoms with Crippen LogP contribution in [0.3, 0.4) is 0 Å². The van der Waals surface area contributed by atoms with Gasteiger partial charge in [0.2, 0.25) is 0 Å². The van der Waals surface area contributed by atoms with E-state index in [0.717, 1.165) is 12.5 Å². The van der Waals surface area contributed by atoms with Crippen LogP contribution >= 0.6 is 0 Å². The zero-order valence-electron chi connectivity index (χ0n) is 14.5. The standard InChI is InChI=1S/C17H27NO.C2H6/c1-14-9-11-18(12-10-14)15(2)16(3)19-13-17-7-5-4-6-8-17;1-2/h4-8,14-16H,9-13H2,1-3H3;1-2H3. The summed E-state index contributed by atoms with van der Waals surface area (Å²) in [6, 6.07) is 10.9. The molecule has 1 aliphatic heterocycles. The number of hydrogen-bond acceptors (Lipinski definition) is 2. The predicted molar refractivity (Wildman–Crippen MR) is 91.5 cm³/mol. The van der Waals surface area contributed by atoms with Crippen LogP contribution in [-0.2, 0) is 11.3 Å². The first-order valence-corrected chi connectivity index (χ1v) is 8.56. The Morgan fingerprint density at radius 1 is 1.10 bits per heavy atom. The largest absolute Gasteiger partial charge is 0.372 e. The van der Waals surface area contributed by atoms with E-state index in [1.54, 1.807) is 0 Å². The molecule has 0 N–H and O–H groups in total. The molecular formula is C19H33NO. The summed E-state index contributed by atoms with van der Waals surface area (Å²) in [5, 5.41) is 0. The molecule has 0 aliphatic carbocycles. The summed E-state index contributed by atoms with van der Waals surface area (Å²) < 4.78 is 6.03. The van der Waals surface area contributed by atoms with Crippen molar-refractivity contribution in [2.75, 3.05) is 13.1 Å². The zero-order valence-corrected chi connectivity index (χ0v) is 14.5. The minimum absolute atomic E-state index is 0.286. The fraction of sp³-hybridized carbons (Fsp3) is 0.684. The third-order valence-corrected chi connectivity index (χ3v) is 4.43. The lowest BCUT2D eigenvalue weighted by Crippen LogP contribution is -2.45. The fourth-order valence-electron chi connectivity index (χ4n) is 2.67. The van der Waals surface area contributed by atoms with Crippen LogP contribution < -0.4 is 0 Å². The number of rotatable bonds is 5. The van der Waals surface area contributed by atoms with Gasteiger partial charge in [-0.15, -0.1) is 0 Å². The Morgan fingerprint density at radius 2 is 1.67 bits per heavy atom. The molecule has 1 heterocycles. The molecule has 2 rings (SSSR count). The number of nitrogens with zero attached hydrogens (tertiary/aromatic N) is 1. The van der Waals surface area contributed by atoms with E-state index in [0.29, 0.717) is 6.04 Å². The molecule has 0 spiro atoms. The SMILES string of the molecule is CC.CC1CCN(C(C)C(C)OCc2ccccc2)CC1. The summed E-state index contributed by atoms with van der Waals surface area (Å²) in [6.07, 6.45) is 2.94. The Bertz CT molecular complexity index is 357. The Labute approximate surface area is 131 Å². The molecule has 2 nitrogen and oxygen atoms in total. The highest BCUT2D eigenvalue weighted by Gasteiger charge is 2.24. The van der Waals surface area contributed by atoms with Crippen LogP contribution in [0.1, 0.15) is 53.0 Å². The molecule has 2 unspecified atom stereocenters. The predicted octanol–water partition coefficient (Wildman–Crippen LogP) is 4.74. The van der Waals surface area contributed by atoms with Crippen molar-refractivity contribution in [3.63, 3.8) is 0 Å². The van der Waals surface area contributed by atoms with E-state index >= 15 is 0 Å². The second kappa shape index (κ2) is 9.97. The Morgan fingerprint density at radius 3 is 2.24 bits per heavy atom. The third-order valence-electron chi connectivity index (χ3n) is 4.43. The van der Waals surface area contributed by atoms with Gasteiger partial charge in [0.15, 0.2) is 0 Å². The average Bonchev–Trinajstić information content (AvgIpc) is 2.55. The van der Waals surface area contributed by atoms with Crippen molar-refractivity contribution in [3.8, 4) is 0 Å². The van der Waals surface area contributed by atoms with E-state index in [1.807, 2.05) is 19.9 Å². The summed E-state index contributed by atoms with van der Waals surface area (Å²) >= 11 is 0. The van der Waals surface area contributed by atoms with Crippen LogP contribution in [0.15, 0.2) is 30.3 Å². The first-order valence-electron chi connectivity index (χ1n) is 8.56. The molecule has 1 saturated heterocycles. The number of hydrogen-bond donors (Lipinski definition) is 0. The Hall–Kier alpha value is -0.860. The van der Waals surface area contributed by atoms with Gasteiger partial charge in [-0.1, -0.05) is 51.1 Å². The normalized spacial score (nSPS) is 19.5. The maximum absolute atomic E-state index is 6.03. The van der Waals surface area contributed by atoms with Crippen molar-refractivity contribution in [1.82, 2.24) is 4.90 Å². The van der Waals surface area contributed by atoms with Crippen LogP contribution in [0.2, 0.25) is 0 Å². The van der Waals surface area contributed by atoms with Crippen LogP contribution in [0.4, 0.5) is 0 Å². The first-order chi connectivity index (χ1) is 10.2. The van der Waals surface area contributed by atoms with E-state index in [1.165, 1.54) is 31.5 Å². The van der Waals surface area contributed by atoms with Crippen molar-refractivity contribution in [3.05, 3.63) is 35.9 Å². The molecular weight excluding hydrogens is 258 g/mol. The molecule has 1 fully saturated rings. The van der Waals surface area contributed by atoms with Gasteiger partial charge in [0.05, 0.1) is 12.7 Å². The van der Waals surface area contributed by atoms with Gasteiger partial charge < -0.3 is 4.74 Å². The van der Waals surface area contributed by atoms with Gasteiger partial charge in [0, 0.05) is 6.04 Å². The summed E-state index contributed by atoms with van der Waals surface area (Å²) in [6.45, 7) is 14.0. The van der Waals surface area contributed by atoms with Crippen molar-refractivity contribution < 1.29 is 4.74 Å². The maximum atomic E-state index is 6.03. The number of ether oxygens (including phenoxy) is 1. The number of piperidine rings is 1. The van der Waals surface area contributed by atoms with E-state index in [-0.39, 0.29) is 6.10 Å². The van der Waals surface area contributed by atoms with Gasteiger partial charge in [-0.2, -0.15) is 0 Å². The smallest absolute Gasteiger partial charge is 0.0721 e. The molecule has 21 heavy (non-hydrogen) atoms. The van der Waals surface area contributed by atoms with Crippen LogP contribution in [0.25, 0.3) is 0 Å². The monoisotopic (exact) mass is 291 g/mol. The highest BCUT2D eigenvalue weighted by Crippen LogP contribution is 2.20. The van der Waals surface area contributed by atoms with Gasteiger partial charge in [0.1, 0.15) is 0 Å². The number of benzene rings is 1. The molecule has 1 aromatic carbocycles. The molecule has 1 aromatic rings. The summed E-state index contributed by atoms with van der Waals surface area (Å²) in [5.41, 5.74) is 1.26. The van der Waals surface area contributed by atoms with Crippen molar-refractivity contribution in [2.45, 2.75) is 66.2 Å². The fourth-order valence-corrected chi connectivity index (χ4v) is 2.67. The van der Waals surface area contributed by atoms with Crippen LogP contribution in [0, 0.1) is 5.92 Å². The quantitative estimate of drug-likeness (QED) is 0.777. The molecule has 0 amide bonds. The van der Waals surface area contributed by atoms with Gasteiger partial charge in [0.25, 0.3) is 0 Å². The number of likely N-dealkylation sites (tertiary alicyclic amines) is 1. The van der Waals surface area contributed by atoms with E-state index in [2.05, 4.69) is 49.9 Å². The van der Waals surface area contributed by atoms with Gasteiger partial charge in [-0.3, -0.25) is 4.90 Å². The average molecular weight is 291 g/mol. The van der Waals surface area contributed by atoms with Crippen molar-refractivity contribution in [2.24, 2.45) is 5.92 Å². The van der Waals surface area contributed by atoms with Gasteiger partial charge in [-0.25, -0.2) is 0 Å². The minimum atomic E-state index is 0.286. The highest BCUT2D eigenvalue weighted by molar-refractivity contribution is 5.13. The summed E-state index contributed by atoms with van der Waals surface area (Å²) in [5.74, 6) is 0.893. The molecule has 1 aliphatic rings. The minimum Gasteiger partial charge on any atom is -0.372 e. The Balaban J connectivity index is 0.00000106. The van der Waals surface area contributed by atoms with Gasteiger partial charge in [-0.05, 0) is 51.3 Å². The summed E-state index contributed by atoms with van der Waals surface area (Å²) in [4.78, 5) is 2.58. The molecule has 0 radical (unpaired) electrons. The van der Waals surface area contributed by atoms with Crippen LogP contribution in [-0.4, -0.2) is 30.1 Å². The lowest BCUT2D eigenvalue weighted by molar-refractivity contribution is -0.0156. The van der Waals surface area contributed by atoms with Gasteiger partial charge >= 0.3 is 0 Å². The topological polar surface area (TPSA) is 12.5 Å². The lowest BCUT2D eigenvalue weighted by atomic mass is 9.97. The second-order valence-corrected chi connectivity index (χ2v) is 5.96. The van der Waals surface area contributed by atoms with Crippen molar-refractivity contribution >= 4 is 0 Å². The molecule has 2 atom stereocenters. The molecule has 0 saturated carbocycles. The van der Waals surface area contributed by atoms with E-state index in [4.69, 9.17) is 4.74 Å². The Kier molecular flexibility index (Phi) is 8.63. The van der Waals surface area contributed by atoms with E-state index in [9.17, 15) is 0 Å². The summed E-state index contributed by atoms with van der Waals surface area (Å²) in [7, 11) is 0. The maximum Gasteiger partial charge on any atom is 0.0721 e. The zero-order chi connectivity index (χ0) is 15.7. The first kappa shape index (κ1) is 18.2. The lowest BCUT2D eigenvalue weighted by Gasteiger charge is -2.37. The molecule has 0 bridgehead atoms. The van der Waals surface area contributed by atoms with Crippen LogP contribution in [0.5, 0.6) is 0 Å². The molecule has 120 valence electrons.